The van der Waals surface area contributed by atoms with Crippen LogP contribution in [0.2, 0.25) is 0 Å². The summed E-state index contributed by atoms with van der Waals surface area (Å²) in [7, 11) is 1.63. The molecule has 0 fully saturated rings. The van der Waals surface area contributed by atoms with E-state index in [4.69, 9.17) is 4.74 Å². The first kappa shape index (κ1) is 15.2. The Balaban J connectivity index is 2.32. The first-order chi connectivity index (χ1) is 10.1. The van der Waals surface area contributed by atoms with Gasteiger partial charge in [0.25, 0.3) is 0 Å². The molecule has 0 saturated heterocycles. The van der Waals surface area contributed by atoms with Gasteiger partial charge in [-0.3, -0.25) is 0 Å². The van der Waals surface area contributed by atoms with E-state index in [0.717, 1.165) is 23.4 Å². The molecule has 2 aromatic carbocycles. The van der Waals surface area contributed by atoms with Gasteiger partial charge in [0.2, 0.25) is 0 Å². The predicted molar refractivity (Wildman–Crippen MR) is 87.3 cm³/mol. The van der Waals surface area contributed by atoms with E-state index in [9.17, 15) is 5.11 Å². The van der Waals surface area contributed by atoms with Crippen LogP contribution < -0.4 is 10.1 Å². The minimum atomic E-state index is -0.00787. The van der Waals surface area contributed by atoms with E-state index in [1.165, 1.54) is 11.1 Å². The van der Waals surface area contributed by atoms with Crippen molar-refractivity contribution in [2.45, 2.75) is 33.2 Å². The molecule has 0 saturated carbocycles. The number of hydrogen-bond acceptors (Lipinski definition) is 3. The largest absolute Gasteiger partial charge is 0.508 e. The summed E-state index contributed by atoms with van der Waals surface area (Å²) in [5.74, 6) is 1.03. The van der Waals surface area contributed by atoms with Gasteiger partial charge in [-0.15, -0.1) is 0 Å². The summed E-state index contributed by atoms with van der Waals surface area (Å²) >= 11 is 0. The highest BCUT2D eigenvalue weighted by Crippen LogP contribution is 2.32. The maximum atomic E-state index is 10.1. The second kappa shape index (κ2) is 6.53. The highest BCUT2D eigenvalue weighted by molar-refractivity contribution is 5.59. The molecule has 0 aliphatic carbocycles. The van der Waals surface area contributed by atoms with E-state index < -0.39 is 0 Å². The predicted octanol–water partition coefficient (Wildman–Crippen LogP) is 4.44. The second-order valence-electron chi connectivity index (χ2n) is 5.25. The summed E-state index contributed by atoms with van der Waals surface area (Å²) in [6.45, 7) is 6.29. The van der Waals surface area contributed by atoms with Gasteiger partial charge in [0.05, 0.1) is 13.2 Å². The number of anilines is 1. The number of benzene rings is 2. The molecule has 0 bridgehead atoms. The number of ether oxygens (including phenoxy) is 1. The van der Waals surface area contributed by atoms with Crippen LogP contribution in [0.25, 0.3) is 0 Å². The minimum Gasteiger partial charge on any atom is -0.508 e. The van der Waals surface area contributed by atoms with Crippen molar-refractivity contribution in [1.29, 1.82) is 0 Å². The number of nitrogens with one attached hydrogen (secondary N) is 1. The molecule has 112 valence electrons. The Morgan fingerprint density at radius 1 is 1.24 bits per heavy atom. The standard InChI is InChI=1S/C18H23NO2/c1-5-14-8-6-7-12(2)18(14)19-13(3)16-11-15(21-4)9-10-17(16)20/h6-11,13,19-20H,5H2,1-4H3. The molecule has 2 aromatic rings. The Kier molecular flexibility index (Phi) is 4.73. The van der Waals surface area contributed by atoms with Gasteiger partial charge in [0.15, 0.2) is 0 Å². The SMILES string of the molecule is CCc1cccc(C)c1NC(C)c1cc(OC)ccc1O. The molecule has 1 atom stereocenters. The highest BCUT2D eigenvalue weighted by atomic mass is 16.5. The van der Waals surface area contributed by atoms with E-state index in [1.54, 1.807) is 19.2 Å². The van der Waals surface area contributed by atoms with E-state index >= 15 is 0 Å². The molecule has 0 aliphatic heterocycles. The van der Waals surface area contributed by atoms with Crippen molar-refractivity contribution in [2.75, 3.05) is 12.4 Å². The van der Waals surface area contributed by atoms with Gasteiger partial charge in [0.1, 0.15) is 11.5 Å². The van der Waals surface area contributed by atoms with E-state index in [-0.39, 0.29) is 11.8 Å². The molecule has 2 N–H and O–H groups in total. The number of phenolic OH excluding ortho intramolecular Hbond substituents is 1. The molecular weight excluding hydrogens is 262 g/mol. The number of rotatable bonds is 5. The van der Waals surface area contributed by atoms with Gasteiger partial charge < -0.3 is 15.2 Å². The lowest BCUT2D eigenvalue weighted by Gasteiger charge is -2.21. The maximum absolute atomic E-state index is 10.1. The fraction of sp³-hybridized carbons (Fsp3) is 0.333. The first-order valence-corrected chi connectivity index (χ1v) is 7.28. The summed E-state index contributed by atoms with van der Waals surface area (Å²) in [4.78, 5) is 0. The molecule has 0 radical (unpaired) electrons. The summed E-state index contributed by atoms with van der Waals surface area (Å²) in [6.07, 6.45) is 0.973. The van der Waals surface area contributed by atoms with Crippen molar-refractivity contribution < 1.29 is 9.84 Å². The smallest absolute Gasteiger partial charge is 0.121 e. The van der Waals surface area contributed by atoms with Gasteiger partial charge in [-0.25, -0.2) is 0 Å². The highest BCUT2D eigenvalue weighted by Gasteiger charge is 2.14. The Morgan fingerprint density at radius 3 is 2.67 bits per heavy atom. The van der Waals surface area contributed by atoms with E-state index in [0.29, 0.717) is 0 Å². The fourth-order valence-corrected chi connectivity index (χ4v) is 2.53. The quantitative estimate of drug-likeness (QED) is 0.853. The third kappa shape index (κ3) is 3.30. The summed E-state index contributed by atoms with van der Waals surface area (Å²) in [6, 6.07) is 11.6. The zero-order valence-electron chi connectivity index (χ0n) is 13.1. The Bertz CT molecular complexity index is 623. The number of phenols is 1. The molecule has 0 spiro atoms. The van der Waals surface area contributed by atoms with Crippen LogP contribution in [0.1, 0.15) is 36.6 Å². The van der Waals surface area contributed by atoms with Gasteiger partial charge in [-0.2, -0.15) is 0 Å². The topological polar surface area (TPSA) is 41.5 Å². The second-order valence-corrected chi connectivity index (χ2v) is 5.25. The number of aromatic hydroxyl groups is 1. The van der Waals surface area contributed by atoms with Crippen molar-refractivity contribution >= 4 is 5.69 Å². The fourth-order valence-electron chi connectivity index (χ4n) is 2.53. The van der Waals surface area contributed by atoms with Gasteiger partial charge in [-0.1, -0.05) is 25.1 Å². The maximum Gasteiger partial charge on any atom is 0.121 e. The lowest BCUT2D eigenvalue weighted by Crippen LogP contribution is -2.10. The van der Waals surface area contributed by atoms with Crippen LogP contribution in [0.5, 0.6) is 11.5 Å². The Hall–Kier alpha value is -2.16. The van der Waals surface area contributed by atoms with Crippen molar-refractivity contribution in [3.8, 4) is 11.5 Å². The molecule has 0 aliphatic rings. The van der Waals surface area contributed by atoms with Crippen LogP contribution in [0.4, 0.5) is 5.69 Å². The molecule has 0 aromatic heterocycles. The number of hydrogen-bond donors (Lipinski definition) is 2. The summed E-state index contributed by atoms with van der Waals surface area (Å²) < 4.78 is 5.24. The van der Waals surface area contributed by atoms with Crippen molar-refractivity contribution in [2.24, 2.45) is 0 Å². The lowest BCUT2D eigenvalue weighted by atomic mass is 10.0. The van der Waals surface area contributed by atoms with Crippen LogP contribution in [0.15, 0.2) is 36.4 Å². The molecule has 0 amide bonds. The van der Waals surface area contributed by atoms with Crippen molar-refractivity contribution in [3.05, 3.63) is 53.1 Å². The number of methoxy groups -OCH3 is 1. The Labute approximate surface area is 126 Å². The average molecular weight is 285 g/mol. The molecule has 2 rings (SSSR count). The van der Waals surface area contributed by atoms with Gasteiger partial charge in [0, 0.05) is 11.3 Å². The molecule has 3 heteroatoms. The number of aryl methyl sites for hydroxylation is 2. The average Bonchev–Trinajstić information content (AvgIpc) is 2.49. The third-order valence-corrected chi connectivity index (χ3v) is 3.80. The summed E-state index contributed by atoms with van der Waals surface area (Å²) in [5.41, 5.74) is 4.47. The van der Waals surface area contributed by atoms with Crippen molar-refractivity contribution in [1.82, 2.24) is 0 Å². The molecule has 1 unspecified atom stereocenters. The minimum absolute atomic E-state index is 0.00787. The van der Waals surface area contributed by atoms with Gasteiger partial charge in [-0.05, 0) is 49.6 Å². The van der Waals surface area contributed by atoms with Gasteiger partial charge >= 0.3 is 0 Å². The van der Waals surface area contributed by atoms with E-state index in [2.05, 4.69) is 37.4 Å². The van der Waals surface area contributed by atoms with Crippen LogP contribution in [-0.4, -0.2) is 12.2 Å². The zero-order chi connectivity index (χ0) is 15.4. The van der Waals surface area contributed by atoms with Crippen LogP contribution in [0, 0.1) is 6.92 Å². The van der Waals surface area contributed by atoms with Crippen LogP contribution >= 0.6 is 0 Å². The number of para-hydroxylation sites is 1. The molecule has 0 heterocycles. The normalized spacial score (nSPS) is 12.0. The lowest BCUT2D eigenvalue weighted by molar-refractivity contribution is 0.410. The molecule has 3 nitrogen and oxygen atoms in total. The molecule has 21 heavy (non-hydrogen) atoms. The molecular formula is C18H23NO2. The zero-order valence-corrected chi connectivity index (χ0v) is 13.1. The first-order valence-electron chi connectivity index (χ1n) is 7.28. The van der Waals surface area contributed by atoms with E-state index in [1.807, 2.05) is 13.0 Å². The van der Waals surface area contributed by atoms with Crippen molar-refractivity contribution in [3.63, 3.8) is 0 Å². The Morgan fingerprint density at radius 2 is 2.00 bits per heavy atom. The van der Waals surface area contributed by atoms with Crippen LogP contribution in [0.3, 0.4) is 0 Å². The third-order valence-electron chi connectivity index (χ3n) is 3.80. The monoisotopic (exact) mass is 285 g/mol. The summed E-state index contributed by atoms with van der Waals surface area (Å²) in [5, 5.41) is 13.6. The van der Waals surface area contributed by atoms with Crippen LogP contribution in [-0.2, 0) is 6.42 Å².